The van der Waals surface area contributed by atoms with E-state index in [9.17, 15) is 9.90 Å². The van der Waals surface area contributed by atoms with Crippen molar-refractivity contribution in [2.75, 3.05) is 5.32 Å². The summed E-state index contributed by atoms with van der Waals surface area (Å²) in [6.07, 6.45) is 0. The first-order valence-corrected chi connectivity index (χ1v) is 4.54. The molecule has 0 spiro atoms. The standard InChI is InChI=1S/C11H12N2O2/c1-7(6-12)10-4-3-9(15)5-11(10)13-8(2)14/h3-5,7,15H,1-2H3,(H,13,14). The van der Waals surface area contributed by atoms with Gasteiger partial charge in [-0.15, -0.1) is 0 Å². The molecule has 0 aromatic heterocycles. The Kier molecular flexibility index (Phi) is 3.29. The van der Waals surface area contributed by atoms with Crippen LogP contribution in [-0.2, 0) is 4.79 Å². The number of carbonyl (C=O) groups is 1. The average Bonchev–Trinajstić information content (AvgIpc) is 2.16. The van der Waals surface area contributed by atoms with E-state index in [1.54, 1.807) is 13.0 Å². The molecule has 78 valence electrons. The molecule has 4 heteroatoms. The van der Waals surface area contributed by atoms with Crippen LogP contribution in [0.4, 0.5) is 5.69 Å². The maximum atomic E-state index is 10.9. The minimum Gasteiger partial charge on any atom is -0.508 e. The lowest BCUT2D eigenvalue weighted by atomic mass is 10.0. The predicted molar refractivity (Wildman–Crippen MR) is 56.4 cm³/mol. The van der Waals surface area contributed by atoms with Gasteiger partial charge in [0.2, 0.25) is 5.91 Å². The Bertz CT molecular complexity index is 421. The molecule has 1 rings (SSSR count). The highest BCUT2D eigenvalue weighted by atomic mass is 16.3. The average molecular weight is 204 g/mol. The maximum Gasteiger partial charge on any atom is 0.221 e. The number of nitrogens with zero attached hydrogens (tertiary/aromatic N) is 1. The van der Waals surface area contributed by atoms with Gasteiger partial charge in [-0.2, -0.15) is 5.26 Å². The Morgan fingerprint density at radius 1 is 1.60 bits per heavy atom. The predicted octanol–water partition coefficient (Wildman–Crippen LogP) is 1.98. The number of nitrogens with one attached hydrogen (secondary N) is 1. The fourth-order valence-electron chi connectivity index (χ4n) is 1.29. The third kappa shape index (κ3) is 2.71. The minimum absolute atomic E-state index is 0.0626. The van der Waals surface area contributed by atoms with E-state index in [0.717, 1.165) is 0 Å². The van der Waals surface area contributed by atoms with Gasteiger partial charge in [-0.25, -0.2) is 0 Å². The zero-order valence-electron chi connectivity index (χ0n) is 8.61. The van der Waals surface area contributed by atoms with Gasteiger partial charge in [0.1, 0.15) is 5.75 Å². The Morgan fingerprint density at radius 2 is 2.27 bits per heavy atom. The Morgan fingerprint density at radius 3 is 2.80 bits per heavy atom. The number of aromatic hydroxyl groups is 1. The fourth-order valence-corrected chi connectivity index (χ4v) is 1.29. The Hall–Kier alpha value is -2.02. The lowest BCUT2D eigenvalue weighted by Gasteiger charge is -2.11. The normalized spacial score (nSPS) is 11.5. The summed E-state index contributed by atoms with van der Waals surface area (Å²) < 4.78 is 0. The van der Waals surface area contributed by atoms with Gasteiger partial charge in [-0.05, 0) is 18.6 Å². The highest BCUT2D eigenvalue weighted by Gasteiger charge is 2.11. The van der Waals surface area contributed by atoms with Crippen LogP contribution >= 0.6 is 0 Å². The van der Waals surface area contributed by atoms with E-state index in [4.69, 9.17) is 5.26 Å². The zero-order valence-corrected chi connectivity index (χ0v) is 8.61. The third-order valence-electron chi connectivity index (χ3n) is 2.01. The number of anilines is 1. The molecule has 0 radical (unpaired) electrons. The first kappa shape index (κ1) is 11.1. The highest BCUT2D eigenvalue weighted by molar-refractivity contribution is 5.90. The van der Waals surface area contributed by atoms with Crippen LogP contribution in [0.2, 0.25) is 0 Å². The smallest absolute Gasteiger partial charge is 0.221 e. The van der Waals surface area contributed by atoms with Gasteiger partial charge < -0.3 is 10.4 Å². The van der Waals surface area contributed by atoms with Crippen molar-refractivity contribution >= 4 is 11.6 Å². The molecule has 15 heavy (non-hydrogen) atoms. The summed E-state index contributed by atoms with van der Waals surface area (Å²) in [5, 5.41) is 20.6. The van der Waals surface area contributed by atoms with Crippen LogP contribution in [0.1, 0.15) is 25.3 Å². The molecule has 0 saturated heterocycles. The van der Waals surface area contributed by atoms with E-state index in [1.807, 2.05) is 0 Å². The molecule has 2 N–H and O–H groups in total. The molecule has 1 aromatic rings. The summed E-state index contributed by atoms with van der Waals surface area (Å²) >= 11 is 0. The molecule has 0 aliphatic rings. The van der Waals surface area contributed by atoms with Gasteiger partial charge in [0.25, 0.3) is 0 Å². The van der Waals surface area contributed by atoms with E-state index in [0.29, 0.717) is 11.3 Å². The molecule has 1 aromatic carbocycles. The molecule has 0 saturated carbocycles. The van der Waals surface area contributed by atoms with E-state index in [1.165, 1.54) is 19.1 Å². The number of hydrogen-bond acceptors (Lipinski definition) is 3. The van der Waals surface area contributed by atoms with Crippen molar-refractivity contribution in [3.8, 4) is 11.8 Å². The molecule has 1 unspecified atom stereocenters. The van der Waals surface area contributed by atoms with E-state index in [-0.39, 0.29) is 17.6 Å². The number of rotatable bonds is 2. The molecule has 4 nitrogen and oxygen atoms in total. The van der Waals surface area contributed by atoms with Gasteiger partial charge in [-0.3, -0.25) is 4.79 Å². The second kappa shape index (κ2) is 4.47. The topological polar surface area (TPSA) is 73.1 Å². The molecule has 0 fully saturated rings. The van der Waals surface area contributed by atoms with Crippen molar-refractivity contribution in [3.05, 3.63) is 23.8 Å². The van der Waals surface area contributed by atoms with Gasteiger partial charge in [0.15, 0.2) is 0 Å². The molecular weight excluding hydrogens is 192 g/mol. The van der Waals surface area contributed by atoms with Crippen molar-refractivity contribution in [1.29, 1.82) is 5.26 Å². The van der Waals surface area contributed by atoms with Gasteiger partial charge in [0.05, 0.1) is 12.0 Å². The molecule has 0 heterocycles. The van der Waals surface area contributed by atoms with Crippen molar-refractivity contribution in [2.24, 2.45) is 0 Å². The first-order chi connectivity index (χ1) is 7.04. The number of benzene rings is 1. The summed E-state index contributed by atoms with van der Waals surface area (Å²) in [5.74, 6) is -0.493. The van der Waals surface area contributed by atoms with E-state index in [2.05, 4.69) is 11.4 Å². The number of hydrogen-bond donors (Lipinski definition) is 2. The van der Waals surface area contributed by atoms with Crippen LogP contribution in [0.5, 0.6) is 5.75 Å². The first-order valence-electron chi connectivity index (χ1n) is 4.54. The van der Waals surface area contributed by atoms with Crippen LogP contribution in [0.15, 0.2) is 18.2 Å². The zero-order chi connectivity index (χ0) is 11.4. The van der Waals surface area contributed by atoms with Crippen LogP contribution in [0.3, 0.4) is 0 Å². The number of carbonyl (C=O) groups excluding carboxylic acids is 1. The molecular formula is C11H12N2O2. The lowest BCUT2D eigenvalue weighted by molar-refractivity contribution is -0.114. The second-order valence-electron chi connectivity index (χ2n) is 3.30. The van der Waals surface area contributed by atoms with Crippen LogP contribution in [0.25, 0.3) is 0 Å². The molecule has 1 amide bonds. The van der Waals surface area contributed by atoms with Crippen molar-refractivity contribution in [3.63, 3.8) is 0 Å². The van der Waals surface area contributed by atoms with Crippen molar-refractivity contribution < 1.29 is 9.90 Å². The Labute approximate surface area is 88.2 Å². The summed E-state index contributed by atoms with van der Waals surface area (Å²) in [6, 6.07) is 6.64. The van der Waals surface area contributed by atoms with Crippen LogP contribution in [-0.4, -0.2) is 11.0 Å². The van der Waals surface area contributed by atoms with E-state index >= 15 is 0 Å². The maximum absolute atomic E-state index is 10.9. The summed E-state index contributed by atoms with van der Waals surface area (Å²) in [5.41, 5.74) is 1.18. The summed E-state index contributed by atoms with van der Waals surface area (Å²) in [7, 11) is 0. The molecule has 0 aliphatic heterocycles. The van der Waals surface area contributed by atoms with Crippen molar-refractivity contribution in [2.45, 2.75) is 19.8 Å². The SMILES string of the molecule is CC(=O)Nc1cc(O)ccc1C(C)C#N. The molecule has 0 bridgehead atoms. The number of amides is 1. The van der Waals surface area contributed by atoms with Crippen LogP contribution in [0, 0.1) is 11.3 Å². The third-order valence-corrected chi connectivity index (χ3v) is 2.01. The second-order valence-corrected chi connectivity index (χ2v) is 3.30. The number of phenols is 1. The highest BCUT2D eigenvalue weighted by Crippen LogP contribution is 2.27. The van der Waals surface area contributed by atoms with Gasteiger partial charge in [-0.1, -0.05) is 6.07 Å². The van der Waals surface area contributed by atoms with Crippen molar-refractivity contribution in [1.82, 2.24) is 0 Å². The van der Waals surface area contributed by atoms with E-state index < -0.39 is 0 Å². The molecule has 0 aliphatic carbocycles. The van der Waals surface area contributed by atoms with Crippen LogP contribution < -0.4 is 5.32 Å². The fraction of sp³-hybridized carbons (Fsp3) is 0.273. The summed E-state index contributed by atoms with van der Waals surface area (Å²) in [4.78, 5) is 10.9. The summed E-state index contributed by atoms with van der Waals surface area (Å²) in [6.45, 7) is 3.11. The lowest BCUT2D eigenvalue weighted by Crippen LogP contribution is -2.08. The largest absolute Gasteiger partial charge is 0.508 e. The van der Waals surface area contributed by atoms with Gasteiger partial charge in [0, 0.05) is 18.7 Å². The Balaban J connectivity index is 3.15. The minimum atomic E-state index is -0.326. The number of phenolic OH excluding ortho intramolecular Hbond substituents is 1. The van der Waals surface area contributed by atoms with Gasteiger partial charge >= 0.3 is 0 Å². The molecule has 1 atom stereocenters. The number of nitriles is 1. The monoisotopic (exact) mass is 204 g/mol. The quantitative estimate of drug-likeness (QED) is 0.773.